The lowest BCUT2D eigenvalue weighted by Crippen LogP contribution is -2.34. The molecule has 2 heteroatoms. The van der Waals surface area contributed by atoms with Crippen LogP contribution in [0.5, 0.6) is 0 Å². The average molecular weight is 201 g/mol. The van der Waals surface area contributed by atoms with Crippen LogP contribution in [0.25, 0.3) is 0 Å². The molecule has 1 aromatic carbocycles. The van der Waals surface area contributed by atoms with Crippen LogP contribution in [0.3, 0.4) is 0 Å². The lowest BCUT2D eigenvalue weighted by molar-refractivity contribution is -0.123. The molecule has 1 N–H and O–H groups in total. The van der Waals surface area contributed by atoms with Gasteiger partial charge < -0.3 is 5.32 Å². The van der Waals surface area contributed by atoms with E-state index in [0.29, 0.717) is 6.54 Å². The summed E-state index contributed by atoms with van der Waals surface area (Å²) < 4.78 is 0. The first-order chi connectivity index (χ1) is 7.29. The fourth-order valence-electron chi connectivity index (χ4n) is 1.86. The van der Waals surface area contributed by atoms with Gasteiger partial charge in [-0.2, -0.15) is 0 Å². The highest BCUT2D eigenvalue weighted by atomic mass is 16.2. The van der Waals surface area contributed by atoms with Gasteiger partial charge in [0.2, 0.25) is 5.91 Å². The third-order valence-corrected chi connectivity index (χ3v) is 2.92. The zero-order valence-electron chi connectivity index (χ0n) is 8.70. The van der Waals surface area contributed by atoms with Crippen LogP contribution in [0.4, 0.5) is 0 Å². The maximum atomic E-state index is 11.9. The Labute approximate surface area is 90.0 Å². The Kier molecular flexibility index (Phi) is 2.58. The maximum Gasteiger partial charge on any atom is 0.230 e. The zero-order valence-corrected chi connectivity index (χ0v) is 8.70. The summed E-state index contributed by atoms with van der Waals surface area (Å²) in [5.74, 6) is 0.133. The van der Waals surface area contributed by atoms with Gasteiger partial charge in [-0.15, -0.1) is 6.58 Å². The standard InChI is InChI=1S/C13H15NO/c1-2-10-14-12(15)13(8-9-13)11-6-4-3-5-7-11/h2-7H,1,8-10H2,(H,14,15). The number of hydrogen-bond donors (Lipinski definition) is 1. The largest absolute Gasteiger partial charge is 0.352 e. The third-order valence-electron chi connectivity index (χ3n) is 2.92. The van der Waals surface area contributed by atoms with Crippen LogP contribution in [0.2, 0.25) is 0 Å². The zero-order chi connectivity index (χ0) is 10.7. The molecule has 0 aliphatic heterocycles. The minimum atomic E-state index is -0.246. The molecule has 1 aliphatic carbocycles. The number of benzene rings is 1. The highest BCUT2D eigenvalue weighted by molar-refractivity contribution is 5.91. The van der Waals surface area contributed by atoms with Gasteiger partial charge in [-0.25, -0.2) is 0 Å². The van der Waals surface area contributed by atoms with Crippen LogP contribution >= 0.6 is 0 Å². The summed E-state index contributed by atoms with van der Waals surface area (Å²) in [5, 5.41) is 2.88. The van der Waals surface area contributed by atoms with Crippen LogP contribution in [0, 0.1) is 0 Å². The highest BCUT2D eigenvalue weighted by Gasteiger charge is 2.50. The predicted octanol–water partition coefficient (Wildman–Crippen LogP) is 2.02. The molecular weight excluding hydrogens is 186 g/mol. The van der Waals surface area contributed by atoms with Gasteiger partial charge in [-0.05, 0) is 18.4 Å². The van der Waals surface area contributed by atoms with Gasteiger partial charge in [-0.1, -0.05) is 36.4 Å². The van der Waals surface area contributed by atoms with E-state index in [1.54, 1.807) is 6.08 Å². The van der Waals surface area contributed by atoms with Gasteiger partial charge in [0.05, 0.1) is 5.41 Å². The van der Waals surface area contributed by atoms with Crippen LogP contribution in [0.1, 0.15) is 18.4 Å². The molecule has 2 rings (SSSR count). The van der Waals surface area contributed by atoms with Crippen molar-refractivity contribution in [3.05, 3.63) is 48.6 Å². The molecule has 0 bridgehead atoms. The van der Waals surface area contributed by atoms with E-state index in [1.807, 2.05) is 30.3 Å². The molecule has 15 heavy (non-hydrogen) atoms. The van der Waals surface area contributed by atoms with E-state index in [0.717, 1.165) is 18.4 Å². The van der Waals surface area contributed by atoms with Gasteiger partial charge in [0, 0.05) is 6.54 Å². The summed E-state index contributed by atoms with van der Waals surface area (Å²) >= 11 is 0. The minimum Gasteiger partial charge on any atom is -0.352 e. The quantitative estimate of drug-likeness (QED) is 0.742. The fourth-order valence-corrected chi connectivity index (χ4v) is 1.86. The molecule has 78 valence electrons. The third kappa shape index (κ3) is 1.80. The highest BCUT2D eigenvalue weighted by Crippen LogP contribution is 2.48. The fraction of sp³-hybridized carbons (Fsp3) is 0.308. The van der Waals surface area contributed by atoms with E-state index in [1.165, 1.54) is 0 Å². The topological polar surface area (TPSA) is 29.1 Å². The van der Waals surface area contributed by atoms with Gasteiger partial charge in [0.1, 0.15) is 0 Å². The Bertz CT molecular complexity index is 365. The van der Waals surface area contributed by atoms with Crippen LogP contribution in [-0.2, 0) is 10.2 Å². The molecule has 1 amide bonds. The summed E-state index contributed by atoms with van der Waals surface area (Å²) in [6.45, 7) is 4.14. The van der Waals surface area contributed by atoms with E-state index in [4.69, 9.17) is 0 Å². The molecule has 1 saturated carbocycles. The van der Waals surface area contributed by atoms with Gasteiger partial charge >= 0.3 is 0 Å². The number of carbonyl (C=O) groups excluding carboxylic acids is 1. The predicted molar refractivity (Wildman–Crippen MR) is 60.6 cm³/mol. The van der Waals surface area contributed by atoms with Crippen molar-refractivity contribution in [3.63, 3.8) is 0 Å². The SMILES string of the molecule is C=CCNC(=O)C1(c2ccccc2)CC1. The smallest absolute Gasteiger partial charge is 0.230 e. The number of nitrogens with one attached hydrogen (secondary N) is 1. The number of hydrogen-bond acceptors (Lipinski definition) is 1. The normalized spacial score (nSPS) is 16.8. The molecule has 1 aromatic rings. The minimum absolute atomic E-state index is 0.133. The molecule has 0 spiro atoms. The van der Waals surface area contributed by atoms with Gasteiger partial charge in [-0.3, -0.25) is 4.79 Å². The van der Waals surface area contributed by atoms with Crippen molar-refractivity contribution in [2.24, 2.45) is 0 Å². The second-order valence-corrected chi connectivity index (χ2v) is 3.95. The Morgan fingerprint density at radius 1 is 1.40 bits per heavy atom. The van der Waals surface area contributed by atoms with Crippen LogP contribution in [-0.4, -0.2) is 12.5 Å². The van der Waals surface area contributed by atoms with E-state index in [9.17, 15) is 4.79 Å². The van der Waals surface area contributed by atoms with Crippen molar-refractivity contribution >= 4 is 5.91 Å². The number of carbonyl (C=O) groups is 1. The molecule has 2 nitrogen and oxygen atoms in total. The Hall–Kier alpha value is -1.57. The Balaban J connectivity index is 2.14. The Morgan fingerprint density at radius 3 is 2.60 bits per heavy atom. The van der Waals surface area contributed by atoms with Crippen LogP contribution < -0.4 is 5.32 Å². The van der Waals surface area contributed by atoms with Crippen molar-refractivity contribution in [2.75, 3.05) is 6.54 Å². The summed E-state index contributed by atoms with van der Waals surface area (Å²) in [6.07, 6.45) is 3.62. The molecular formula is C13H15NO. The van der Waals surface area contributed by atoms with E-state index >= 15 is 0 Å². The summed E-state index contributed by atoms with van der Waals surface area (Å²) in [7, 11) is 0. The first kappa shape index (κ1) is 9.97. The van der Waals surface area contributed by atoms with Gasteiger partial charge in [0.15, 0.2) is 0 Å². The monoisotopic (exact) mass is 201 g/mol. The average Bonchev–Trinajstić information content (AvgIpc) is 3.08. The van der Waals surface area contributed by atoms with E-state index < -0.39 is 0 Å². The summed E-state index contributed by atoms with van der Waals surface area (Å²) in [5.41, 5.74) is 0.885. The van der Waals surface area contributed by atoms with Crippen molar-refractivity contribution in [2.45, 2.75) is 18.3 Å². The second-order valence-electron chi connectivity index (χ2n) is 3.95. The van der Waals surface area contributed by atoms with Crippen molar-refractivity contribution in [1.82, 2.24) is 5.32 Å². The molecule has 1 aliphatic rings. The molecule has 0 radical (unpaired) electrons. The first-order valence-corrected chi connectivity index (χ1v) is 5.24. The van der Waals surface area contributed by atoms with Crippen molar-refractivity contribution in [3.8, 4) is 0 Å². The van der Waals surface area contributed by atoms with Crippen molar-refractivity contribution < 1.29 is 4.79 Å². The molecule has 0 saturated heterocycles. The number of amides is 1. The molecule has 0 unspecified atom stereocenters. The molecule has 1 fully saturated rings. The summed E-state index contributed by atoms with van der Waals surface area (Å²) in [6, 6.07) is 9.99. The molecule has 0 heterocycles. The Morgan fingerprint density at radius 2 is 2.07 bits per heavy atom. The molecule has 0 atom stereocenters. The van der Waals surface area contributed by atoms with Crippen molar-refractivity contribution in [1.29, 1.82) is 0 Å². The maximum absolute atomic E-state index is 11.9. The van der Waals surface area contributed by atoms with Crippen LogP contribution in [0.15, 0.2) is 43.0 Å². The first-order valence-electron chi connectivity index (χ1n) is 5.24. The van der Waals surface area contributed by atoms with E-state index in [2.05, 4.69) is 11.9 Å². The van der Waals surface area contributed by atoms with E-state index in [-0.39, 0.29) is 11.3 Å². The lowest BCUT2D eigenvalue weighted by Gasteiger charge is -2.14. The summed E-state index contributed by atoms with van der Waals surface area (Å²) in [4.78, 5) is 11.9. The lowest BCUT2D eigenvalue weighted by atomic mass is 9.95. The number of rotatable bonds is 4. The second kappa shape index (κ2) is 3.89. The van der Waals surface area contributed by atoms with Gasteiger partial charge in [0.25, 0.3) is 0 Å². The molecule has 0 aromatic heterocycles.